The van der Waals surface area contributed by atoms with Gasteiger partial charge in [0.15, 0.2) is 5.76 Å². The SMILES string of the molecule is O=C(N/N=C\c1ccc(Cl)c([N+](=O)[O-])c1)c1cc2cc(Br)ccc2o1. The van der Waals surface area contributed by atoms with Crippen LogP contribution in [0.1, 0.15) is 16.1 Å². The van der Waals surface area contributed by atoms with Crippen LogP contribution in [0, 0.1) is 10.1 Å². The minimum Gasteiger partial charge on any atom is -0.451 e. The molecule has 3 aromatic rings. The van der Waals surface area contributed by atoms with Crippen LogP contribution >= 0.6 is 27.5 Å². The van der Waals surface area contributed by atoms with Crippen molar-refractivity contribution < 1.29 is 14.1 Å². The number of rotatable bonds is 4. The second-order valence-corrected chi connectivity index (χ2v) is 6.28. The van der Waals surface area contributed by atoms with Crippen LogP contribution in [0.3, 0.4) is 0 Å². The van der Waals surface area contributed by atoms with E-state index < -0.39 is 10.8 Å². The lowest BCUT2D eigenvalue weighted by atomic mass is 10.2. The molecule has 0 fully saturated rings. The Hall–Kier alpha value is -2.71. The van der Waals surface area contributed by atoms with Crippen molar-refractivity contribution in [3.63, 3.8) is 0 Å². The number of fused-ring (bicyclic) bond motifs is 1. The van der Waals surface area contributed by atoms with E-state index in [9.17, 15) is 14.9 Å². The van der Waals surface area contributed by atoms with Gasteiger partial charge in [-0.3, -0.25) is 14.9 Å². The highest BCUT2D eigenvalue weighted by molar-refractivity contribution is 9.10. The largest absolute Gasteiger partial charge is 0.451 e. The van der Waals surface area contributed by atoms with Gasteiger partial charge in [0.25, 0.3) is 5.69 Å². The monoisotopic (exact) mass is 421 g/mol. The van der Waals surface area contributed by atoms with Gasteiger partial charge in [-0.15, -0.1) is 0 Å². The van der Waals surface area contributed by atoms with Crippen molar-refractivity contribution in [2.45, 2.75) is 0 Å². The molecule has 0 saturated heterocycles. The molecule has 0 aliphatic rings. The van der Waals surface area contributed by atoms with E-state index in [0.717, 1.165) is 9.86 Å². The van der Waals surface area contributed by atoms with E-state index >= 15 is 0 Å². The Balaban J connectivity index is 1.73. The fourth-order valence-electron chi connectivity index (χ4n) is 2.10. The number of furan rings is 1. The number of carbonyl (C=O) groups is 1. The molecule has 1 aromatic heterocycles. The summed E-state index contributed by atoms with van der Waals surface area (Å²) in [5.41, 5.74) is 3.07. The third kappa shape index (κ3) is 3.86. The number of nitrogens with zero attached hydrogens (tertiary/aromatic N) is 2. The number of hydrogen-bond acceptors (Lipinski definition) is 5. The molecule has 9 heteroatoms. The number of nitro groups is 1. The zero-order valence-electron chi connectivity index (χ0n) is 12.4. The van der Waals surface area contributed by atoms with Crippen LogP contribution in [0.25, 0.3) is 11.0 Å². The van der Waals surface area contributed by atoms with Gasteiger partial charge in [-0.1, -0.05) is 33.6 Å². The summed E-state index contributed by atoms with van der Waals surface area (Å²) in [4.78, 5) is 22.3. The molecule has 3 rings (SSSR count). The highest BCUT2D eigenvalue weighted by atomic mass is 79.9. The number of nitro benzene ring substituents is 1. The number of benzene rings is 2. The molecule has 25 heavy (non-hydrogen) atoms. The average Bonchev–Trinajstić information content (AvgIpc) is 2.99. The minimum atomic E-state index is -0.592. The Morgan fingerprint density at radius 1 is 1.28 bits per heavy atom. The molecule has 0 spiro atoms. The normalized spacial score (nSPS) is 11.1. The maximum Gasteiger partial charge on any atom is 0.307 e. The van der Waals surface area contributed by atoms with Gasteiger partial charge in [0, 0.05) is 21.5 Å². The summed E-state index contributed by atoms with van der Waals surface area (Å²) in [6, 6.07) is 11.2. The van der Waals surface area contributed by atoms with E-state index in [1.54, 1.807) is 24.3 Å². The van der Waals surface area contributed by atoms with Crippen LogP contribution in [0.5, 0.6) is 0 Å². The molecule has 0 unspecified atom stereocenters. The fraction of sp³-hybridized carbons (Fsp3) is 0. The molecule has 0 saturated carbocycles. The van der Waals surface area contributed by atoms with Gasteiger partial charge in [-0.2, -0.15) is 5.10 Å². The van der Waals surface area contributed by atoms with Crippen molar-refractivity contribution in [3.8, 4) is 0 Å². The first kappa shape index (κ1) is 17.1. The van der Waals surface area contributed by atoms with Gasteiger partial charge < -0.3 is 4.42 Å². The quantitative estimate of drug-likeness (QED) is 0.380. The Morgan fingerprint density at radius 3 is 2.84 bits per heavy atom. The van der Waals surface area contributed by atoms with Crippen molar-refractivity contribution >= 4 is 56.3 Å². The molecule has 2 aromatic carbocycles. The number of nitrogens with one attached hydrogen (secondary N) is 1. The first-order valence-electron chi connectivity index (χ1n) is 6.90. The third-order valence-corrected chi connectivity index (χ3v) is 4.06. The topological polar surface area (TPSA) is 97.7 Å². The number of hydrazone groups is 1. The molecule has 1 heterocycles. The van der Waals surface area contributed by atoms with Crippen LogP contribution in [0.4, 0.5) is 5.69 Å². The highest BCUT2D eigenvalue weighted by Crippen LogP contribution is 2.25. The summed E-state index contributed by atoms with van der Waals surface area (Å²) in [6.07, 6.45) is 1.28. The van der Waals surface area contributed by atoms with Crippen LogP contribution in [0.15, 0.2) is 56.5 Å². The van der Waals surface area contributed by atoms with Gasteiger partial charge >= 0.3 is 5.91 Å². The molecule has 7 nitrogen and oxygen atoms in total. The predicted molar refractivity (Wildman–Crippen MR) is 97.1 cm³/mol. The molecule has 0 radical (unpaired) electrons. The maximum atomic E-state index is 12.1. The summed E-state index contributed by atoms with van der Waals surface area (Å²) < 4.78 is 6.31. The number of carbonyl (C=O) groups excluding carboxylic acids is 1. The summed E-state index contributed by atoms with van der Waals surface area (Å²) in [5, 5.41) is 15.4. The van der Waals surface area contributed by atoms with Gasteiger partial charge in [0.1, 0.15) is 10.6 Å². The number of hydrogen-bond donors (Lipinski definition) is 1. The number of amides is 1. The van der Waals surface area contributed by atoms with Crippen molar-refractivity contribution in [2.75, 3.05) is 0 Å². The van der Waals surface area contributed by atoms with Gasteiger partial charge in [-0.25, -0.2) is 5.43 Å². The lowest BCUT2D eigenvalue weighted by molar-refractivity contribution is -0.384. The smallest absolute Gasteiger partial charge is 0.307 e. The molecule has 0 aliphatic heterocycles. The van der Waals surface area contributed by atoms with Crippen molar-refractivity contribution in [2.24, 2.45) is 5.10 Å². The standard InChI is InChI=1S/C16H9BrClN3O4/c17-11-2-4-14-10(6-11)7-15(25-14)16(22)20-19-8-9-1-3-12(18)13(5-9)21(23)24/h1-8H,(H,20,22)/b19-8-. The molecule has 126 valence electrons. The van der Waals surface area contributed by atoms with Crippen molar-refractivity contribution in [1.82, 2.24) is 5.43 Å². The van der Waals surface area contributed by atoms with Gasteiger partial charge in [0.05, 0.1) is 11.1 Å². The van der Waals surface area contributed by atoms with Crippen LogP contribution in [0.2, 0.25) is 5.02 Å². The Bertz CT molecular complexity index is 1020. The first-order valence-corrected chi connectivity index (χ1v) is 8.07. The van der Waals surface area contributed by atoms with Crippen LogP contribution < -0.4 is 5.43 Å². The fourth-order valence-corrected chi connectivity index (χ4v) is 2.66. The third-order valence-electron chi connectivity index (χ3n) is 3.25. The molecule has 1 N–H and O–H groups in total. The lowest BCUT2D eigenvalue weighted by Crippen LogP contribution is -2.16. The lowest BCUT2D eigenvalue weighted by Gasteiger charge is -1.98. The van der Waals surface area contributed by atoms with Crippen LogP contribution in [-0.4, -0.2) is 17.0 Å². The van der Waals surface area contributed by atoms with Crippen molar-refractivity contribution in [1.29, 1.82) is 0 Å². The summed E-state index contributed by atoms with van der Waals surface area (Å²) in [5.74, 6) is -0.431. The zero-order valence-corrected chi connectivity index (χ0v) is 14.7. The van der Waals surface area contributed by atoms with E-state index in [4.69, 9.17) is 16.0 Å². The first-order chi connectivity index (χ1) is 11.9. The van der Waals surface area contributed by atoms with E-state index in [2.05, 4.69) is 26.5 Å². The Labute approximate surface area is 154 Å². The van der Waals surface area contributed by atoms with E-state index in [1.165, 1.54) is 18.3 Å². The minimum absolute atomic E-state index is 0.0274. The molecule has 0 atom stereocenters. The van der Waals surface area contributed by atoms with Gasteiger partial charge in [0.2, 0.25) is 0 Å². The van der Waals surface area contributed by atoms with Crippen molar-refractivity contribution in [3.05, 3.63) is 73.4 Å². The summed E-state index contributed by atoms with van der Waals surface area (Å²) in [7, 11) is 0. The molecule has 0 aliphatic carbocycles. The number of halogens is 2. The summed E-state index contributed by atoms with van der Waals surface area (Å²) in [6.45, 7) is 0. The van der Waals surface area contributed by atoms with E-state index in [1.807, 2.05) is 6.07 Å². The molecule has 0 bridgehead atoms. The summed E-state index contributed by atoms with van der Waals surface area (Å²) >= 11 is 9.08. The average molecular weight is 423 g/mol. The van der Waals surface area contributed by atoms with E-state index in [-0.39, 0.29) is 16.5 Å². The van der Waals surface area contributed by atoms with Crippen LogP contribution in [-0.2, 0) is 0 Å². The Kier molecular flexibility index (Phi) is 4.82. The predicted octanol–water partition coefficient (Wildman–Crippen LogP) is 4.52. The second kappa shape index (κ2) is 7.04. The van der Waals surface area contributed by atoms with E-state index in [0.29, 0.717) is 11.1 Å². The highest BCUT2D eigenvalue weighted by Gasteiger charge is 2.13. The van der Waals surface area contributed by atoms with Gasteiger partial charge in [-0.05, 0) is 30.3 Å². The molecular formula is C16H9BrClN3O4. The Morgan fingerprint density at radius 2 is 2.08 bits per heavy atom. The maximum absolute atomic E-state index is 12.1. The second-order valence-electron chi connectivity index (χ2n) is 4.96. The molecule has 1 amide bonds. The molecular weight excluding hydrogens is 414 g/mol. The zero-order chi connectivity index (χ0) is 18.0.